The van der Waals surface area contributed by atoms with Gasteiger partial charge in [-0.05, 0) is 64.2 Å². The molecule has 0 fully saturated rings. The van der Waals surface area contributed by atoms with Crippen LogP contribution in [-0.2, 0) is 6.42 Å². The highest BCUT2D eigenvalue weighted by atomic mass is 16.5. The summed E-state index contributed by atoms with van der Waals surface area (Å²) < 4.78 is 6.36. The highest BCUT2D eigenvalue weighted by Gasteiger charge is 2.45. The molecule has 2 aliphatic rings. The summed E-state index contributed by atoms with van der Waals surface area (Å²) in [6, 6.07) is 4.13. The van der Waals surface area contributed by atoms with Crippen molar-refractivity contribution in [1.29, 1.82) is 0 Å². The van der Waals surface area contributed by atoms with E-state index in [1.807, 2.05) is 6.07 Å². The Morgan fingerprint density at radius 3 is 2.78 bits per heavy atom. The molecule has 0 aromatic heterocycles. The maximum Gasteiger partial charge on any atom is 0.127 e. The fraction of sp³-hybridized carbons (Fsp3) is 0.619. The molecule has 1 aromatic rings. The lowest BCUT2D eigenvalue weighted by Gasteiger charge is -2.46. The second-order valence-electron chi connectivity index (χ2n) is 7.87. The molecule has 126 valence electrons. The number of fused-ring (bicyclic) bond motifs is 3. The summed E-state index contributed by atoms with van der Waals surface area (Å²) in [5.41, 5.74) is 3.46. The zero-order valence-corrected chi connectivity index (χ0v) is 15.0. The number of aryl methyl sites for hydroxylation is 1. The minimum Gasteiger partial charge on any atom is -0.507 e. The van der Waals surface area contributed by atoms with Crippen LogP contribution in [0.25, 0.3) is 0 Å². The van der Waals surface area contributed by atoms with Crippen LogP contribution >= 0.6 is 0 Å². The van der Waals surface area contributed by atoms with Gasteiger partial charge in [0.15, 0.2) is 0 Å². The largest absolute Gasteiger partial charge is 0.507 e. The minimum absolute atomic E-state index is 0.177. The molecule has 0 unspecified atom stereocenters. The molecule has 1 heterocycles. The van der Waals surface area contributed by atoms with Crippen LogP contribution in [0.2, 0.25) is 0 Å². The Morgan fingerprint density at radius 2 is 2.04 bits per heavy atom. The SMILES string of the molecule is CCCCCc1cc(O)c2c(c1)OC(C)(C)[C@@H]1CCC(C)=C[C@H]21. The van der Waals surface area contributed by atoms with Gasteiger partial charge in [0.1, 0.15) is 17.1 Å². The van der Waals surface area contributed by atoms with Crippen molar-refractivity contribution in [2.75, 3.05) is 0 Å². The molecule has 1 aromatic carbocycles. The summed E-state index contributed by atoms with van der Waals surface area (Å²) in [4.78, 5) is 0. The van der Waals surface area contributed by atoms with E-state index in [0.29, 0.717) is 11.7 Å². The quantitative estimate of drug-likeness (QED) is 0.567. The van der Waals surface area contributed by atoms with Crippen LogP contribution in [-0.4, -0.2) is 10.7 Å². The van der Waals surface area contributed by atoms with Crippen molar-refractivity contribution < 1.29 is 9.84 Å². The molecule has 0 bridgehead atoms. The molecule has 0 saturated heterocycles. The molecular weight excluding hydrogens is 284 g/mol. The predicted octanol–water partition coefficient (Wildman–Crippen LogP) is 5.74. The van der Waals surface area contributed by atoms with Gasteiger partial charge in [0.2, 0.25) is 0 Å². The van der Waals surface area contributed by atoms with Crippen molar-refractivity contribution >= 4 is 0 Å². The fourth-order valence-electron chi connectivity index (χ4n) is 4.30. The van der Waals surface area contributed by atoms with E-state index >= 15 is 0 Å². The van der Waals surface area contributed by atoms with Gasteiger partial charge >= 0.3 is 0 Å². The van der Waals surface area contributed by atoms with Crippen LogP contribution < -0.4 is 4.74 Å². The molecule has 2 heteroatoms. The zero-order chi connectivity index (χ0) is 16.6. The summed E-state index contributed by atoms with van der Waals surface area (Å²) in [6.07, 6.45) is 9.26. The first kappa shape index (κ1) is 16.4. The topological polar surface area (TPSA) is 29.5 Å². The minimum atomic E-state index is -0.177. The lowest BCUT2D eigenvalue weighted by Crippen LogP contribution is -2.45. The highest BCUT2D eigenvalue weighted by Crippen LogP contribution is 2.53. The maximum absolute atomic E-state index is 10.7. The summed E-state index contributed by atoms with van der Waals surface area (Å²) in [5, 5.41) is 10.7. The first-order valence-corrected chi connectivity index (χ1v) is 9.14. The summed E-state index contributed by atoms with van der Waals surface area (Å²) >= 11 is 0. The maximum atomic E-state index is 10.7. The van der Waals surface area contributed by atoms with E-state index in [1.165, 1.54) is 30.4 Å². The molecule has 1 aliphatic heterocycles. The number of hydrogen-bond donors (Lipinski definition) is 1. The number of hydrogen-bond acceptors (Lipinski definition) is 2. The van der Waals surface area contributed by atoms with E-state index in [-0.39, 0.29) is 11.5 Å². The van der Waals surface area contributed by atoms with E-state index in [0.717, 1.165) is 30.6 Å². The number of unbranched alkanes of at least 4 members (excludes halogenated alkanes) is 2. The van der Waals surface area contributed by atoms with Crippen molar-refractivity contribution in [2.45, 2.75) is 77.7 Å². The van der Waals surface area contributed by atoms with Gasteiger partial charge in [0, 0.05) is 17.4 Å². The van der Waals surface area contributed by atoms with E-state index < -0.39 is 0 Å². The Labute approximate surface area is 140 Å². The molecule has 23 heavy (non-hydrogen) atoms. The number of rotatable bonds is 4. The molecule has 0 radical (unpaired) electrons. The van der Waals surface area contributed by atoms with Gasteiger partial charge in [0.25, 0.3) is 0 Å². The Balaban J connectivity index is 1.99. The van der Waals surface area contributed by atoms with Crippen LogP contribution in [0, 0.1) is 5.92 Å². The van der Waals surface area contributed by atoms with Crippen LogP contribution in [0.15, 0.2) is 23.8 Å². The Hall–Kier alpha value is -1.44. The normalized spacial score (nSPS) is 25.1. The number of aromatic hydroxyl groups is 1. The second-order valence-corrected chi connectivity index (χ2v) is 7.87. The monoisotopic (exact) mass is 314 g/mol. The molecule has 0 spiro atoms. The Morgan fingerprint density at radius 1 is 1.26 bits per heavy atom. The van der Waals surface area contributed by atoms with E-state index in [2.05, 4.69) is 39.8 Å². The van der Waals surface area contributed by atoms with E-state index in [4.69, 9.17) is 4.74 Å². The van der Waals surface area contributed by atoms with Crippen molar-refractivity contribution in [3.63, 3.8) is 0 Å². The third-order valence-corrected chi connectivity index (χ3v) is 5.60. The molecule has 2 atom stereocenters. The van der Waals surface area contributed by atoms with Gasteiger partial charge in [-0.1, -0.05) is 31.4 Å². The second kappa shape index (κ2) is 6.22. The predicted molar refractivity (Wildman–Crippen MR) is 95.3 cm³/mol. The first-order chi connectivity index (χ1) is 10.9. The van der Waals surface area contributed by atoms with Crippen LogP contribution in [0.1, 0.15) is 76.8 Å². The van der Waals surface area contributed by atoms with Gasteiger partial charge in [-0.25, -0.2) is 0 Å². The summed E-state index contributed by atoms with van der Waals surface area (Å²) in [6.45, 7) is 8.81. The fourth-order valence-corrected chi connectivity index (χ4v) is 4.30. The molecule has 2 nitrogen and oxygen atoms in total. The third kappa shape index (κ3) is 3.13. The number of allylic oxidation sites excluding steroid dienone is 2. The third-order valence-electron chi connectivity index (χ3n) is 5.60. The standard InChI is InChI=1S/C21H30O2/c1-5-6-7-8-15-12-18(22)20-16-11-14(2)9-10-17(16)21(3,4)23-19(20)13-15/h11-13,16-17,22H,5-10H2,1-4H3/t16-,17+/m0/s1. The van der Waals surface area contributed by atoms with Gasteiger partial charge in [0.05, 0.1) is 0 Å². The number of phenolic OH excluding ortho intramolecular Hbond substituents is 1. The molecule has 0 saturated carbocycles. The molecule has 1 aliphatic carbocycles. The average Bonchev–Trinajstić information content (AvgIpc) is 2.46. The van der Waals surface area contributed by atoms with Gasteiger partial charge in [-0.2, -0.15) is 0 Å². The molecule has 0 amide bonds. The Bertz CT molecular complexity index is 613. The lowest BCUT2D eigenvalue weighted by atomic mass is 9.68. The molecular formula is C21H30O2. The number of benzene rings is 1. The first-order valence-electron chi connectivity index (χ1n) is 9.14. The number of phenols is 1. The van der Waals surface area contributed by atoms with E-state index in [9.17, 15) is 5.11 Å². The van der Waals surface area contributed by atoms with Gasteiger partial charge in [-0.3, -0.25) is 0 Å². The summed E-state index contributed by atoms with van der Waals surface area (Å²) in [7, 11) is 0. The highest BCUT2D eigenvalue weighted by molar-refractivity contribution is 5.53. The van der Waals surface area contributed by atoms with Crippen molar-refractivity contribution in [3.05, 3.63) is 34.9 Å². The van der Waals surface area contributed by atoms with Crippen LogP contribution in [0.4, 0.5) is 0 Å². The van der Waals surface area contributed by atoms with Crippen molar-refractivity contribution in [2.24, 2.45) is 5.92 Å². The Kier molecular flexibility index (Phi) is 4.44. The summed E-state index contributed by atoms with van der Waals surface area (Å²) in [5.74, 6) is 2.04. The van der Waals surface area contributed by atoms with Crippen molar-refractivity contribution in [3.8, 4) is 11.5 Å². The van der Waals surface area contributed by atoms with E-state index in [1.54, 1.807) is 0 Å². The average molecular weight is 314 g/mol. The lowest BCUT2D eigenvalue weighted by molar-refractivity contribution is 0.0107. The van der Waals surface area contributed by atoms with Gasteiger partial charge in [-0.15, -0.1) is 0 Å². The van der Waals surface area contributed by atoms with Crippen molar-refractivity contribution in [1.82, 2.24) is 0 Å². The molecule has 1 N–H and O–H groups in total. The van der Waals surface area contributed by atoms with Gasteiger partial charge < -0.3 is 9.84 Å². The van der Waals surface area contributed by atoms with Crippen LogP contribution in [0.5, 0.6) is 11.5 Å². The van der Waals surface area contributed by atoms with Crippen LogP contribution in [0.3, 0.4) is 0 Å². The zero-order valence-electron chi connectivity index (χ0n) is 15.0. The number of ether oxygens (including phenoxy) is 1. The molecule has 3 rings (SSSR count). The smallest absolute Gasteiger partial charge is 0.127 e.